The van der Waals surface area contributed by atoms with Gasteiger partial charge in [-0.05, 0) is 25.0 Å². The Morgan fingerprint density at radius 1 is 1.36 bits per heavy atom. The molecule has 0 saturated carbocycles. The minimum atomic E-state index is 0.771. The van der Waals surface area contributed by atoms with Crippen LogP contribution in [0.15, 0.2) is 18.2 Å². The molecular weight excluding hydrogens is 160 g/mol. The SMILES string of the molecule is Clc1cccc2c1[CH]CCO2. The predicted octanol–water partition coefficient (Wildman–Crippen LogP) is 2.67. The van der Waals surface area contributed by atoms with Crippen LogP contribution in [0.1, 0.15) is 12.0 Å². The van der Waals surface area contributed by atoms with Gasteiger partial charge in [-0.3, -0.25) is 0 Å². The van der Waals surface area contributed by atoms with Crippen molar-refractivity contribution in [2.45, 2.75) is 6.42 Å². The largest absolute Gasteiger partial charge is 0.493 e. The van der Waals surface area contributed by atoms with E-state index < -0.39 is 0 Å². The van der Waals surface area contributed by atoms with Crippen LogP contribution in [0.4, 0.5) is 0 Å². The van der Waals surface area contributed by atoms with Crippen LogP contribution < -0.4 is 4.74 Å². The molecule has 1 aromatic carbocycles. The van der Waals surface area contributed by atoms with Gasteiger partial charge in [0.25, 0.3) is 0 Å². The summed E-state index contributed by atoms with van der Waals surface area (Å²) >= 11 is 5.93. The van der Waals surface area contributed by atoms with Crippen molar-refractivity contribution in [1.82, 2.24) is 0 Å². The summed E-state index contributed by atoms with van der Waals surface area (Å²) in [6, 6.07) is 5.72. The van der Waals surface area contributed by atoms with Crippen molar-refractivity contribution >= 4 is 11.6 Å². The molecule has 0 saturated heterocycles. The van der Waals surface area contributed by atoms with Crippen molar-refractivity contribution in [3.63, 3.8) is 0 Å². The van der Waals surface area contributed by atoms with E-state index in [1.807, 2.05) is 18.2 Å². The van der Waals surface area contributed by atoms with Crippen LogP contribution in [0.2, 0.25) is 5.02 Å². The molecule has 0 aromatic heterocycles. The van der Waals surface area contributed by atoms with Crippen LogP contribution in [0.5, 0.6) is 5.75 Å². The Bertz CT molecular complexity index is 270. The van der Waals surface area contributed by atoms with E-state index in [4.69, 9.17) is 16.3 Å². The van der Waals surface area contributed by atoms with Gasteiger partial charge in [0.15, 0.2) is 0 Å². The van der Waals surface area contributed by atoms with E-state index in [0.717, 1.165) is 29.4 Å². The van der Waals surface area contributed by atoms with E-state index in [1.54, 1.807) is 0 Å². The Morgan fingerprint density at radius 2 is 2.27 bits per heavy atom. The highest BCUT2D eigenvalue weighted by atomic mass is 35.5. The second kappa shape index (κ2) is 2.74. The van der Waals surface area contributed by atoms with E-state index in [9.17, 15) is 0 Å². The number of fused-ring (bicyclic) bond motifs is 1. The molecule has 57 valence electrons. The lowest BCUT2D eigenvalue weighted by Gasteiger charge is -2.17. The van der Waals surface area contributed by atoms with Gasteiger partial charge in [-0.15, -0.1) is 0 Å². The van der Waals surface area contributed by atoms with Crippen molar-refractivity contribution < 1.29 is 4.74 Å². The molecule has 1 aliphatic heterocycles. The quantitative estimate of drug-likeness (QED) is 0.577. The smallest absolute Gasteiger partial charge is 0.124 e. The number of ether oxygens (including phenoxy) is 1. The maximum absolute atomic E-state index is 5.93. The van der Waals surface area contributed by atoms with Gasteiger partial charge >= 0.3 is 0 Å². The highest BCUT2D eigenvalue weighted by Gasteiger charge is 2.12. The zero-order valence-corrected chi connectivity index (χ0v) is 6.77. The molecular formula is C9H8ClO. The number of hydrogen-bond donors (Lipinski definition) is 0. The van der Waals surface area contributed by atoms with Gasteiger partial charge in [0.05, 0.1) is 6.61 Å². The number of benzene rings is 1. The summed E-state index contributed by atoms with van der Waals surface area (Å²) in [5.74, 6) is 0.906. The predicted molar refractivity (Wildman–Crippen MR) is 45.0 cm³/mol. The fourth-order valence-electron chi connectivity index (χ4n) is 1.21. The van der Waals surface area contributed by atoms with Crippen molar-refractivity contribution in [2.75, 3.05) is 6.61 Å². The van der Waals surface area contributed by atoms with Crippen molar-refractivity contribution in [2.24, 2.45) is 0 Å². The molecule has 2 heteroatoms. The van der Waals surface area contributed by atoms with Gasteiger partial charge < -0.3 is 4.74 Å². The first-order chi connectivity index (χ1) is 5.38. The summed E-state index contributed by atoms with van der Waals surface area (Å²) in [6.07, 6.45) is 3.07. The fourth-order valence-corrected chi connectivity index (χ4v) is 1.46. The molecule has 0 aliphatic carbocycles. The third kappa shape index (κ3) is 1.21. The zero-order valence-electron chi connectivity index (χ0n) is 6.01. The van der Waals surface area contributed by atoms with Gasteiger partial charge in [-0.2, -0.15) is 0 Å². The lowest BCUT2D eigenvalue weighted by molar-refractivity contribution is 0.306. The van der Waals surface area contributed by atoms with Crippen LogP contribution >= 0.6 is 11.6 Å². The molecule has 1 aromatic rings. The number of rotatable bonds is 0. The average molecular weight is 168 g/mol. The molecule has 2 rings (SSSR count). The van der Waals surface area contributed by atoms with Gasteiger partial charge in [0.2, 0.25) is 0 Å². The number of hydrogen-bond acceptors (Lipinski definition) is 1. The number of halogens is 1. The van der Waals surface area contributed by atoms with E-state index in [1.165, 1.54) is 0 Å². The monoisotopic (exact) mass is 167 g/mol. The van der Waals surface area contributed by atoms with E-state index in [2.05, 4.69) is 6.42 Å². The van der Waals surface area contributed by atoms with Crippen molar-refractivity contribution in [3.8, 4) is 5.75 Å². The molecule has 1 heterocycles. The normalized spacial score (nSPS) is 15.4. The first-order valence-electron chi connectivity index (χ1n) is 3.62. The Labute approximate surface area is 70.9 Å². The standard InChI is InChI=1S/C9H8ClO/c10-8-4-1-5-9-7(8)3-2-6-11-9/h1,3-5H,2,6H2. The molecule has 0 atom stereocenters. The summed E-state index contributed by atoms with van der Waals surface area (Å²) in [5, 5.41) is 0.780. The molecule has 0 fully saturated rings. The Kier molecular flexibility index (Phi) is 1.74. The van der Waals surface area contributed by atoms with Crippen LogP contribution in [-0.2, 0) is 0 Å². The van der Waals surface area contributed by atoms with Gasteiger partial charge in [0, 0.05) is 10.6 Å². The second-order valence-corrected chi connectivity index (χ2v) is 2.90. The average Bonchev–Trinajstić information content (AvgIpc) is 2.06. The Hall–Kier alpha value is -0.690. The first kappa shape index (κ1) is 6.99. The molecule has 0 amide bonds. The highest BCUT2D eigenvalue weighted by molar-refractivity contribution is 6.31. The van der Waals surface area contributed by atoms with Crippen molar-refractivity contribution in [1.29, 1.82) is 0 Å². The Morgan fingerprint density at radius 3 is 3.09 bits per heavy atom. The van der Waals surface area contributed by atoms with Gasteiger partial charge in [-0.25, -0.2) is 0 Å². The molecule has 0 N–H and O–H groups in total. The molecule has 0 unspecified atom stereocenters. The summed E-state index contributed by atoms with van der Waals surface area (Å²) in [5.41, 5.74) is 1.04. The molecule has 0 bridgehead atoms. The van der Waals surface area contributed by atoms with Gasteiger partial charge in [-0.1, -0.05) is 17.7 Å². The van der Waals surface area contributed by atoms with Crippen LogP contribution in [-0.4, -0.2) is 6.61 Å². The van der Waals surface area contributed by atoms with E-state index >= 15 is 0 Å². The molecule has 1 aliphatic rings. The zero-order chi connectivity index (χ0) is 7.68. The molecule has 0 spiro atoms. The summed E-state index contributed by atoms with van der Waals surface area (Å²) in [4.78, 5) is 0. The highest BCUT2D eigenvalue weighted by Crippen LogP contribution is 2.31. The third-order valence-corrected chi connectivity index (χ3v) is 2.07. The first-order valence-corrected chi connectivity index (χ1v) is 4.00. The van der Waals surface area contributed by atoms with Crippen LogP contribution in [0.25, 0.3) is 0 Å². The summed E-state index contributed by atoms with van der Waals surface area (Å²) in [6.45, 7) is 0.771. The third-order valence-electron chi connectivity index (χ3n) is 1.74. The Balaban J connectivity index is 2.49. The van der Waals surface area contributed by atoms with Crippen LogP contribution in [0.3, 0.4) is 0 Å². The topological polar surface area (TPSA) is 9.23 Å². The van der Waals surface area contributed by atoms with E-state index in [-0.39, 0.29) is 0 Å². The van der Waals surface area contributed by atoms with E-state index in [0.29, 0.717) is 0 Å². The minimum Gasteiger partial charge on any atom is -0.493 e. The van der Waals surface area contributed by atoms with Crippen molar-refractivity contribution in [3.05, 3.63) is 35.2 Å². The lowest BCUT2D eigenvalue weighted by atomic mass is 10.1. The molecule has 1 nitrogen and oxygen atoms in total. The molecule has 1 radical (unpaired) electrons. The minimum absolute atomic E-state index is 0.771. The van der Waals surface area contributed by atoms with Crippen LogP contribution in [0, 0.1) is 6.42 Å². The second-order valence-electron chi connectivity index (χ2n) is 2.49. The van der Waals surface area contributed by atoms with Gasteiger partial charge in [0.1, 0.15) is 5.75 Å². The lowest BCUT2D eigenvalue weighted by Crippen LogP contribution is -2.06. The summed E-state index contributed by atoms with van der Waals surface area (Å²) < 4.78 is 5.39. The maximum atomic E-state index is 5.93. The summed E-state index contributed by atoms with van der Waals surface area (Å²) in [7, 11) is 0. The fraction of sp³-hybridized carbons (Fsp3) is 0.222. The maximum Gasteiger partial charge on any atom is 0.124 e. The molecule has 11 heavy (non-hydrogen) atoms.